The van der Waals surface area contributed by atoms with Gasteiger partial charge >= 0.3 is 0 Å². The molecule has 19 heavy (non-hydrogen) atoms. The molecule has 0 aromatic carbocycles. The molecule has 0 atom stereocenters. The summed E-state index contributed by atoms with van der Waals surface area (Å²) in [5, 5.41) is 20.2. The number of carbonyl (C=O) groups is 1. The third kappa shape index (κ3) is 4.25. The van der Waals surface area contributed by atoms with Gasteiger partial charge in [0.15, 0.2) is 0 Å². The van der Waals surface area contributed by atoms with Gasteiger partial charge in [-0.1, -0.05) is 6.92 Å². The van der Waals surface area contributed by atoms with Gasteiger partial charge in [0.1, 0.15) is 24.6 Å². The largest absolute Gasteiger partial charge is 0.369 e. The third-order valence-electron chi connectivity index (χ3n) is 2.24. The van der Waals surface area contributed by atoms with Crippen molar-refractivity contribution < 1.29 is 4.79 Å². The summed E-state index contributed by atoms with van der Waals surface area (Å²) >= 11 is 0. The van der Waals surface area contributed by atoms with Crippen molar-refractivity contribution in [3.63, 3.8) is 0 Å². The van der Waals surface area contributed by atoms with Gasteiger partial charge in [-0.3, -0.25) is 4.79 Å². The Balaban J connectivity index is 2.76. The lowest BCUT2D eigenvalue weighted by atomic mass is 10.3. The summed E-state index contributed by atoms with van der Waals surface area (Å²) in [5.41, 5.74) is 0.118. The summed E-state index contributed by atoms with van der Waals surface area (Å²) in [5.74, 6) is 0.114. The minimum absolute atomic E-state index is 0.118. The number of nitriles is 2. The first-order valence-electron chi connectivity index (χ1n) is 5.82. The lowest BCUT2D eigenvalue weighted by molar-refractivity contribution is 0.0788. The minimum atomic E-state index is -0.474. The Bertz CT molecular complexity index is 482. The summed E-state index contributed by atoms with van der Waals surface area (Å²) in [6, 6.07) is 3.67. The fourth-order valence-electron chi connectivity index (χ4n) is 1.32. The molecule has 0 bridgehead atoms. The van der Waals surface area contributed by atoms with Crippen LogP contribution in [0.25, 0.3) is 0 Å². The molecule has 7 heteroatoms. The summed E-state index contributed by atoms with van der Waals surface area (Å²) in [4.78, 5) is 21.1. The van der Waals surface area contributed by atoms with Crippen LogP contribution in [0.5, 0.6) is 0 Å². The van der Waals surface area contributed by atoms with Gasteiger partial charge in [0, 0.05) is 6.54 Å². The van der Waals surface area contributed by atoms with Crippen LogP contribution < -0.4 is 5.32 Å². The monoisotopic (exact) mass is 258 g/mol. The quantitative estimate of drug-likeness (QED) is 0.756. The van der Waals surface area contributed by atoms with Crippen LogP contribution in [0.1, 0.15) is 23.8 Å². The van der Waals surface area contributed by atoms with Crippen LogP contribution in [0.15, 0.2) is 12.4 Å². The van der Waals surface area contributed by atoms with E-state index >= 15 is 0 Å². The van der Waals surface area contributed by atoms with Crippen LogP contribution in [0.2, 0.25) is 0 Å². The molecule has 0 aliphatic heterocycles. The molecular weight excluding hydrogens is 244 g/mol. The van der Waals surface area contributed by atoms with E-state index in [9.17, 15) is 4.79 Å². The third-order valence-corrected chi connectivity index (χ3v) is 2.24. The molecule has 1 amide bonds. The topological polar surface area (TPSA) is 106 Å². The molecule has 0 saturated heterocycles. The normalized spacial score (nSPS) is 9.21. The van der Waals surface area contributed by atoms with Gasteiger partial charge in [0.05, 0.1) is 24.5 Å². The Morgan fingerprint density at radius 1 is 1.32 bits per heavy atom. The Morgan fingerprint density at radius 3 is 2.47 bits per heavy atom. The van der Waals surface area contributed by atoms with Crippen molar-refractivity contribution in [1.82, 2.24) is 14.9 Å². The standard InChI is InChI=1S/C12H14N6O/c1-2-5-15-11-9-16-10(8-17-11)12(19)18(6-3-13)7-4-14/h8-9H,2,5-7H2,1H3,(H,15,17). The Morgan fingerprint density at radius 2 is 2.00 bits per heavy atom. The fraction of sp³-hybridized carbons (Fsp3) is 0.417. The number of carbonyl (C=O) groups excluding carboxylic acids is 1. The second kappa shape index (κ2) is 7.62. The maximum atomic E-state index is 12.0. The van der Waals surface area contributed by atoms with E-state index in [1.165, 1.54) is 12.4 Å². The van der Waals surface area contributed by atoms with Gasteiger partial charge in [-0.2, -0.15) is 10.5 Å². The second-order valence-corrected chi connectivity index (χ2v) is 3.69. The molecule has 1 rings (SSSR count). The molecular formula is C12H14N6O. The first kappa shape index (κ1) is 14.4. The average Bonchev–Trinajstić information content (AvgIpc) is 2.44. The lowest BCUT2D eigenvalue weighted by Gasteiger charge is -2.14. The van der Waals surface area contributed by atoms with Crippen LogP contribution in [-0.2, 0) is 0 Å². The molecule has 98 valence electrons. The Labute approximate surface area is 111 Å². The zero-order valence-corrected chi connectivity index (χ0v) is 10.6. The van der Waals surface area contributed by atoms with Crippen molar-refractivity contribution in [3.8, 4) is 12.1 Å². The first-order valence-corrected chi connectivity index (χ1v) is 5.82. The van der Waals surface area contributed by atoms with E-state index in [0.717, 1.165) is 17.9 Å². The molecule has 0 aliphatic carbocycles. The van der Waals surface area contributed by atoms with Crippen LogP contribution in [0, 0.1) is 22.7 Å². The predicted octanol–water partition coefficient (Wildman–Crippen LogP) is 0.788. The lowest BCUT2D eigenvalue weighted by Crippen LogP contribution is -2.32. The SMILES string of the molecule is CCCNc1cnc(C(=O)N(CC#N)CC#N)cn1. The summed E-state index contributed by atoms with van der Waals surface area (Å²) in [6.45, 7) is 2.50. The van der Waals surface area contributed by atoms with Gasteiger partial charge in [0.25, 0.3) is 5.91 Å². The highest BCUT2D eigenvalue weighted by Crippen LogP contribution is 2.04. The molecule has 0 fully saturated rings. The molecule has 0 radical (unpaired) electrons. The Hall–Kier alpha value is -2.67. The van der Waals surface area contributed by atoms with Crippen molar-refractivity contribution in [2.24, 2.45) is 0 Å². The summed E-state index contributed by atoms with van der Waals surface area (Å²) in [6.07, 6.45) is 3.75. The number of nitrogens with zero attached hydrogens (tertiary/aromatic N) is 5. The number of amides is 1. The summed E-state index contributed by atoms with van der Waals surface area (Å²) < 4.78 is 0. The van der Waals surface area contributed by atoms with Gasteiger partial charge in [-0.15, -0.1) is 0 Å². The molecule has 1 aromatic heterocycles. The highest BCUT2D eigenvalue weighted by Gasteiger charge is 2.16. The van der Waals surface area contributed by atoms with Gasteiger partial charge in [-0.25, -0.2) is 9.97 Å². The highest BCUT2D eigenvalue weighted by atomic mass is 16.2. The van der Waals surface area contributed by atoms with Crippen molar-refractivity contribution in [2.45, 2.75) is 13.3 Å². The first-order chi connectivity index (χ1) is 9.22. The molecule has 0 unspecified atom stereocenters. The molecule has 0 aliphatic rings. The van der Waals surface area contributed by atoms with E-state index in [4.69, 9.17) is 10.5 Å². The molecule has 1 N–H and O–H groups in total. The Kier molecular flexibility index (Phi) is 5.77. The number of anilines is 1. The molecule has 0 saturated carbocycles. The van der Waals surface area contributed by atoms with E-state index < -0.39 is 5.91 Å². The van der Waals surface area contributed by atoms with Crippen molar-refractivity contribution in [1.29, 1.82) is 10.5 Å². The molecule has 1 heterocycles. The minimum Gasteiger partial charge on any atom is -0.369 e. The van der Waals surface area contributed by atoms with Gasteiger partial charge in [0.2, 0.25) is 0 Å². The van der Waals surface area contributed by atoms with E-state index in [-0.39, 0.29) is 18.8 Å². The van der Waals surface area contributed by atoms with Crippen LogP contribution in [0.3, 0.4) is 0 Å². The number of rotatable bonds is 6. The number of hydrogen-bond donors (Lipinski definition) is 1. The van der Waals surface area contributed by atoms with E-state index in [2.05, 4.69) is 15.3 Å². The van der Waals surface area contributed by atoms with E-state index in [1.54, 1.807) is 0 Å². The highest BCUT2D eigenvalue weighted by molar-refractivity contribution is 5.92. The zero-order chi connectivity index (χ0) is 14.1. The molecule has 1 aromatic rings. The second-order valence-electron chi connectivity index (χ2n) is 3.69. The van der Waals surface area contributed by atoms with Crippen LogP contribution in [0.4, 0.5) is 5.82 Å². The van der Waals surface area contributed by atoms with Crippen molar-refractivity contribution in [2.75, 3.05) is 25.0 Å². The van der Waals surface area contributed by atoms with Crippen molar-refractivity contribution >= 4 is 11.7 Å². The summed E-state index contributed by atoms with van der Waals surface area (Å²) in [7, 11) is 0. The van der Waals surface area contributed by atoms with E-state index in [1.807, 2.05) is 19.1 Å². The smallest absolute Gasteiger partial charge is 0.275 e. The number of nitrogens with one attached hydrogen (secondary N) is 1. The maximum Gasteiger partial charge on any atom is 0.275 e. The predicted molar refractivity (Wildman–Crippen MR) is 67.9 cm³/mol. The zero-order valence-electron chi connectivity index (χ0n) is 10.6. The van der Waals surface area contributed by atoms with Crippen LogP contribution in [-0.4, -0.2) is 40.4 Å². The average molecular weight is 258 g/mol. The maximum absolute atomic E-state index is 12.0. The van der Waals surface area contributed by atoms with Crippen molar-refractivity contribution in [3.05, 3.63) is 18.1 Å². The van der Waals surface area contributed by atoms with Gasteiger partial charge < -0.3 is 10.2 Å². The molecule has 7 nitrogen and oxygen atoms in total. The van der Waals surface area contributed by atoms with Gasteiger partial charge in [-0.05, 0) is 6.42 Å². The van der Waals surface area contributed by atoms with Crippen LogP contribution >= 0.6 is 0 Å². The number of aromatic nitrogens is 2. The molecule has 0 spiro atoms. The van der Waals surface area contributed by atoms with E-state index in [0.29, 0.717) is 5.82 Å². The fourth-order valence-corrected chi connectivity index (χ4v) is 1.32. The number of hydrogen-bond acceptors (Lipinski definition) is 6.